The second-order valence-corrected chi connectivity index (χ2v) is 6.57. The van der Waals surface area contributed by atoms with Crippen LogP contribution in [0.25, 0.3) is 0 Å². The molecular weight excluding hydrogens is 295 g/mol. The fourth-order valence-corrected chi connectivity index (χ4v) is 3.73. The number of fused-ring (bicyclic) bond motifs is 1. The van der Waals surface area contributed by atoms with Crippen LogP contribution in [0.1, 0.15) is 40.1 Å². The Balaban J connectivity index is 1.59. The molecule has 1 amide bonds. The van der Waals surface area contributed by atoms with Gasteiger partial charge in [0.1, 0.15) is 11.0 Å². The highest BCUT2D eigenvalue weighted by Crippen LogP contribution is 2.31. The molecule has 1 fully saturated rings. The predicted octanol–water partition coefficient (Wildman–Crippen LogP) is 1.50. The lowest BCUT2D eigenvalue weighted by atomic mass is 9.83. The van der Waals surface area contributed by atoms with Gasteiger partial charge in [0.2, 0.25) is 0 Å². The smallest absolute Gasteiger partial charge is 0.334 e. The van der Waals surface area contributed by atoms with Crippen molar-refractivity contribution in [3.05, 3.63) is 21.4 Å². The average molecular weight is 312 g/mol. The zero-order chi connectivity index (χ0) is 15.0. The minimum Gasteiger partial charge on any atom is -0.334 e. The van der Waals surface area contributed by atoms with Crippen molar-refractivity contribution in [1.29, 1.82) is 0 Å². The number of hydrogen-bond acceptors (Lipinski definition) is 5. The molecular formula is C14H17FN2O3S. The molecule has 0 radical (unpaired) electrons. The SMILES string of the molecule is N[C@H]1CCc2csc(C(=O)ONC(=O)C3CC(F)C3)c2C1. The van der Waals surface area contributed by atoms with Crippen LogP contribution in [0, 0.1) is 5.92 Å². The van der Waals surface area contributed by atoms with Crippen LogP contribution in [0.3, 0.4) is 0 Å². The lowest BCUT2D eigenvalue weighted by molar-refractivity contribution is -0.138. The number of rotatable bonds is 2. The van der Waals surface area contributed by atoms with Gasteiger partial charge in [0, 0.05) is 12.0 Å². The Morgan fingerprint density at radius 3 is 2.90 bits per heavy atom. The standard InChI is InChI=1S/C14H17FN2O3S/c15-9-3-8(4-9)13(18)17-20-14(19)12-11-5-10(16)2-1-7(11)6-21-12/h6,8-10H,1-5,16H2,(H,17,18)/t8?,9?,10-/m0/s1. The Bertz CT molecular complexity index is 569. The molecule has 2 aliphatic carbocycles. The van der Waals surface area contributed by atoms with Crippen LogP contribution in [0.5, 0.6) is 0 Å². The van der Waals surface area contributed by atoms with E-state index in [-0.39, 0.29) is 18.9 Å². The number of hydrogen-bond donors (Lipinski definition) is 2. The lowest BCUT2D eigenvalue weighted by Crippen LogP contribution is -2.40. The third-order valence-electron chi connectivity index (χ3n) is 4.11. The Morgan fingerprint density at radius 1 is 1.43 bits per heavy atom. The van der Waals surface area contributed by atoms with Gasteiger partial charge in [-0.2, -0.15) is 5.48 Å². The molecule has 0 saturated heterocycles. The molecule has 21 heavy (non-hydrogen) atoms. The minimum absolute atomic E-state index is 0.0599. The number of hydroxylamine groups is 1. The largest absolute Gasteiger partial charge is 0.373 e. The van der Waals surface area contributed by atoms with Gasteiger partial charge in [-0.25, -0.2) is 9.18 Å². The van der Waals surface area contributed by atoms with Crippen LogP contribution in [0.4, 0.5) is 4.39 Å². The summed E-state index contributed by atoms with van der Waals surface area (Å²) in [5.74, 6) is -1.39. The number of carbonyl (C=O) groups is 2. The summed E-state index contributed by atoms with van der Waals surface area (Å²) in [5, 5.41) is 1.94. The van der Waals surface area contributed by atoms with Gasteiger partial charge < -0.3 is 10.6 Å². The highest BCUT2D eigenvalue weighted by atomic mass is 32.1. The van der Waals surface area contributed by atoms with Crippen LogP contribution in [0.15, 0.2) is 5.38 Å². The highest BCUT2D eigenvalue weighted by molar-refractivity contribution is 7.12. The molecule has 0 spiro atoms. The van der Waals surface area contributed by atoms with E-state index < -0.39 is 24.0 Å². The summed E-state index contributed by atoms with van der Waals surface area (Å²) in [4.78, 5) is 29.0. The van der Waals surface area contributed by atoms with Crippen LogP contribution < -0.4 is 11.2 Å². The lowest BCUT2D eigenvalue weighted by Gasteiger charge is -2.27. The molecule has 0 aliphatic heterocycles. The Labute approximate surface area is 125 Å². The van der Waals surface area contributed by atoms with E-state index in [9.17, 15) is 14.0 Å². The molecule has 1 aromatic rings. The third kappa shape index (κ3) is 2.94. The van der Waals surface area contributed by atoms with Gasteiger partial charge in [-0.15, -0.1) is 11.3 Å². The van der Waals surface area contributed by atoms with Crippen molar-refractivity contribution in [3.63, 3.8) is 0 Å². The van der Waals surface area contributed by atoms with Crippen LogP contribution in [-0.2, 0) is 22.5 Å². The molecule has 0 aromatic carbocycles. The highest BCUT2D eigenvalue weighted by Gasteiger charge is 2.35. The zero-order valence-corrected chi connectivity index (χ0v) is 12.2. The van der Waals surface area contributed by atoms with Crippen molar-refractivity contribution in [2.75, 3.05) is 0 Å². The maximum atomic E-state index is 12.7. The molecule has 3 N–H and O–H groups in total. The van der Waals surface area contributed by atoms with Crippen LogP contribution in [-0.4, -0.2) is 24.1 Å². The number of amides is 1. The molecule has 5 nitrogen and oxygen atoms in total. The summed E-state index contributed by atoms with van der Waals surface area (Å²) < 4.78 is 12.7. The number of nitrogens with two attached hydrogens (primary N) is 1. The van der Waals surface area contributed by atoms with E-state index in [1.54, 1.807) is 0 Å². The summed E-state index contributed by atoms with van der Waals surface area (Å²) in [6.07, 6.45) is 1.93. The molecule has 1 saturated carbocycles. The summed E-state index contributed by atoms with van der Waals surface area (Å²) >= 11 is 1.31. The van der Waals surface area contributed by atoms with Crippen LogP contribution >= 0.6 is 11.3 Å². The fourth-order valence-electron chi connectivity index (χ4n) is 2.72. The van der Waals surface area contributed by atoms with E-state index in [2.05, 4.69) is 5.48 Å². The van der Waals surface area contributed by atoms with Crippen LogP contribution in [0.2, 0.25) is 0 Å². The topological polar surface area (TPSA) is 81.4 Å². The molecule has 1 atom stereocenters. The maximum Gasteiger partial charge on any atom is 0.373 e. The van der Waals surface area contributed by atoms with Gasteiger partial charge in [0.15, 0.2) is 0 Å². The number of carbonyl (C=O) groups excluding carboxylic acids is 2. The first-order valence-corrected chi connectivity index (χ1v) is 7.92. The second-order valence-electron chi connectivity index (χ2n) is 5.69. The Morgan fingerprint density at radius 2 is 2.19 bits per heavy atom. The van der Waals surface area contributed by atoms with Crippen molar-refractivity contribution in [2.45, 2.75) is 44.3 Å². The van der Waals surface area contributed by atoms with Crippen molar-refractivity contribution in [1.82, 2.24) is 5.48 Å². The van der Waals surface area contributed by atoms with E-state index in [0.29, 0.717) is 11.3 Å². The van der Waals surface area contributed by atoms with Gasteiger partial charge in [0.25, 0.3) is 5.91 Å². The molecule has 0 unspecified atom stereocenters. The van der Waals surface area contributed by atoms with E-state index in [0.717, 1.165) is 24.0 Å². The first kappa shape index (κ1) is 14.5. The van der Waals surface area contributed by atoms with E-state index in [1.165, 1.54) is 11.3 Å². The summed E-state index contributed by atoms with van der Waals surface area (Å²) in [6.45, 7) is 0. The molecule has 0 bridgehead atoms. The monoisotopic (exact) mass is 312 g/mol. The normalized spacial score (nSPS) is 27.4. The number of nitrogens with one attached hydrogen (secondary N) is 1. The predicted molar refractivity (Wildman–Crippen MR) is 75.5 cm³/mol. The fraction of sp³-hybridized carbons (Fsp3) is 0.571. The molecule has 1 aromatic heterocycles. The average Bonchev–Trinajstić information content (AvgIpc) is 2.84. The number of halogens is 1. The van der Waals surface area contributed by atoms with E-state index in [1.807, 2.05) is 5.38 Å². The first-order valence-electron chi connectivity index (χ1n) is 7.04. The van der Waals surface area contributed by atoms with Gasteiger partial charge in [0.05, 0.1) is 0 Å². The summed E-state index contributed by atoms with van der Waals surface area (Å²) in [6, 6.07) is 0.0599. The number of thiophene rings is 1. The molecule has 2 aliphatic rings. The number of aryl methyl sites for hydroxylation is 1. The Kier molecular flexibility index (Phi) is 3.95. The Hall–Kier alpha value is -1.47. The molecule has 1 heterocycles. The molecule has 7 heteroatoms. The van der Waals surface area contributed by atoms with Gasteiger partial charge in [-0.3, -0.25) is 4.79 Å². The number of alkyl halides is 1. The van der Waals surface area contributed by atoms with Crippen molar-refractivity contribution >= 4 is 23.2 Å². The van der Waals surface area contributed by atoms with E-state index in [4.69, 9.17) is 10.6 Å². The van der Waals surface area contributed by atoms with Gasteiger partial charge in [-0.05, 0) is 48.6 Å². The van der Waals surface area contributed by atoms with E-state index >= 15 is 0 Å². The summed E-state index contributed by atoms with van der Waals surface area (Å²) in [5.41, 5.74) is 10.1. The van der Waals surface area contributed by atoms with Crippen molar-refractivity contribution < 1.29 is 18.8 Å². The third-order valence-corrected chi connectivity index (χ3v) is 5.16. The molecule has 3 rings (SSSR count). The van der Waals surface area contributed by atoms with Gasteiger partial charge in [-0.1, -0.05) is 0 Å². The van der Waals surface area contributed by atoms with Crippen molar-refractivity contribution in [2.24, 2.45) is 11.7 Å². The minimum atomic E-state index is -0.915. The first-order chi connectivity index (χ1) is 10.0. The zero-order valence-electron chi connectivity index (χ0n) is 11.4. The maximum absolute atomic E-state index is 12.7. The van der Waals surface area contributed by atoms with Crippen molar-refractivity contribution in [3.8, 4) is 0 Å². The van der Waals surface area contributed by atoms with Gasteiger partial charge >= 0.3 is 5.97 Å². The quantitative estimate of drug-likeness (QED) is 0.811. The summed E-state index contributed by atoms with van der Waals surface area (Å²) in [7, 11) is 0. The second kappa shape index (κ2) is 5.73. The molecule has 114 valence electrons.